The molecule has 0 bridgehead atoms. The molecule has 3 N–H and O–H groups in total. The second-order valence-corrected chi connectivity index (χ2v) is 4.94. The van der Waals surface area contributed by atoms with Crippen LogP contribution in [0.2, 0.25) is 0 Å². The minimum atomic E-state index is -0.0473. The molecule has 2 aromatic carbocycles. The second kappa shape index (κ2) is 7.67. The van der Waals surface area contributed by atoms with Crippen molar-refractivity contribution in [3.8, 4) is 11.5 Å². The van der Waals surface area contributed by atoms with E-state index in [1.54, 1.807) is 13.2 Å². The molecule has 0 unspecified atom stereocenters. The predicted molar refractivity (Wildman–Crippen MR) is 82.5 cm³/mol. The molecule has 21 heavy (non-hydrogen) atoms. The second-order valence-electron chi connectivity index (χ2n) is 4.94. The Labute approximate surface area is 125 Å². The van der Waals surface area contributed by atoms with E-state index in [-0.39, 0.29) is 18.4 Å². The van der Waals surface area contributed by atoms with Gasteiger partial charge in [0.25, 0.3) is 0 Å². The van der Waals surface area contributed by atoms with Crippen molar-refractivity contribution in [3.63, 3.8) is 0 Å². The predicted octanol–water partition coefficient (Wildman–Crippen LogP) is 2.09. The lowest BCUT2D eigenvalue weighted by Crippen LogP contribution is -2.34. The van der Waals surface area contributed by atoms with Crippen molar-refractivity contribution < 1.29 is 14.9 Å². The normalized spacial score (nSPS) is 12.1. The Bertz CT molecular complexity index is 557. The summed E-state index contributed by atoms with van der Waals surface area (Å²) < 4.78 is 5.06. The standard InChI is InChI=1S/C17H21NO3/c1-21-16-8-7-14(17(20)10-16)11-18-15(12-19)9-13-5-3-2-4-6-13/h2-8,10,15,18-20H,9,11-12H2,1H3/t15-/m1/s1. The lowest BCUT2D eigenvalue weighted by Gasteiger charge is -2.17. The van der Waals surface area contributed by atoms with Crippen LogP contribution < -0.4 is 10.1 Å². The summed E-state index contributed by atoms with van der Waals surface area (Å²) in [4.78, 5) is 0. The SMILES string of the molecule is COc1ccc(CN[C@@H](CO)Cc2ccccc2)c(O)c1. The molecule has 0 saturated heterocycles. The van der Waals surface area contributed by atoms with Gasteiger partial charge in [-0.3, -0.25) is 0 Å². The number of hydrogen-bond acceptors (Lipinski definition) is 4. The Morgan fingerprint density at radius 2 is 1.90 bits per heavy atom. The molecule has 0 aromatic heterocycles. The molecule has 0 spiro atoms. The summed E-state index contributed by atoms with van der Waals surface area (Å²) in [6, 6.07) is 15.2. The Hall–Kier alpha value is -2.04. The highest BCUT2D eigenvalue weighted by Gasteiger charge is 2.10. The molecule has 4 heteroatoms. The monoisotopic (exact) mass is 287 g/mol. The number of ether oxygens (including phenoxy) is 1. The van der Waals surface area contributed by atoms with Crippen molar-refractivity contribution in [2.75, 3.05) is 13.7 Å². The van der Waals surface area contributed by atoms with Crippen molar-refractivity contribution in [1.29, 1.82) is 0 Å². The highest BCUT2D eigenvalue weighted by molar-refractivity contribution is 5.39. The zero-order valence-corrected chi connectivity index (χ0v) is 12.1. The molecule has 0 radical (unpaired) electrons. The molecular weight excluding hydrogens is 266 g/mol. The average Bonchev–Trinajstić information content (AvgIpc) is 2.53. The Morgan fingerprint density at radius 1 is 1.14 bits per heavy atom. The Kier molecular flexibility index (Phi) is 5.60. The molecule has 112 valence electrons. The number of rotatable bonds is 7. The lowest BCUT2D eigenvalue weighted by molar-refractivity contribution is 0.240. The van der Waals surface area contributed by atoms with Crippen molar-refractivity contribution in [2.45, 2.75) is 19.0 Å². The fraction of sp³-hybridized carbons (Fsp3) is 0.294. The summed E-state index contributed by atoms with van der Waals surface area (Å²) in [6.07, 6.45) is 0.744. The zero-order chi connectivity index (χ0) is 15.1. The van der Waals surface area contributed by atoms with Crippen LogP contribution in [0.3, 0.4) is 0 Å². The van der Waals surface area contributed by atoms with Crippen LogP contribution in [0.25, 0.3) is 0 Å². The van der Waals surface area contributed by atoms with E-state index in [4.69, 9.17) is 4.74 Å². The van der Waals surface area contributed by atoms with Gasteiger partial charge in [0.2, 0.25) is 0 Å². The van der Waals surface area contributed by atoms with E-state index in [0.717, 1.165) is 12.0 Å². The van der Waals surface area contributed by atoms with Gasteiger partial charge in [-0.15, -0.1) is 0 Å². The van der Waals surface area contributed by atoms with Crippen LogP contribution in [0.1, 0.15) is 11.1 Å². The summed E-state index contributed by atoms with van der Waals surface area (Å²) >= 11 is 0. The van der Waals surface area contributed by atoms with Gasteiger partial charge in [0, 0.05) is 24.2 Å². The summed E-state index contributed by atoms with van der Waals surface area (Å²) in [6.45, 7) is 0.541. The molecule has 4 nitrogen and oxygen atoms in total. The van der Waals surface area contributed by atoms with Gasteiger partial charge >= 0.3 is 0 Å². The van der Waals surface area contributed by atoms with Crippen LogP contribution in [-0.4, -0.2) is 30.0 Å². The Morgan fingerprint density at radius 3 is 2.52 bits per heavy atom. The molecule has 0 fully saturated rings. The molecule has 2 rings (SSSR count). The summed E-state index contributed by atoms with van der Waals surface area (Å²) in [5.74, 6) is 0.817. The zero-order valence-electron chi connectivity index (χ0n) is 12.1. The topological polar surface area (TPSA) is 61.7 Å². The lowest BCUT2D eigenvalue weighted by atomic mass is 10.1. The number of hydrogen-bond donors (Lipinski definition) is 3. The van der Waals surface area contributed by atoms with Crippen LogP contribution in [0.5, 0.6) is 11.5 Å². The third kappa shape index (κ3) is 4.48. The Balaban J connectivity index is 1.94. The fourth-order valence-corrected chi connectivity index (χ4v) is 2.17. The number of aliphatic hydroxyl groups excluding tert-OH is 1. The van der Waals surface area contributed by atoms with Gasteiger partial charge in [-0.25, -0.2) is 0 Å². The van der Waals surface area contributed by atoms with Gasteiger partial charge in [0.1, 0.15) is 11.5 Å². The van der Waals surface area contributed by atoms with Gasteiger partial charge in [0.15, 0.2) is 0 Å². The first-order valence-corrected chi connectivity index (χ1v) is 6.97. The summed E-state index contributed by atoms with van der Waals surface area (Å²) in [5, 5.41) is 22.6. The maximum atomic E-state index is 9.92. The summed E-state index contributed by atoms with van der Waals surface area (Å²) in [7, 11) is 1.56. The number of phenolic OH excluding ortho intramolecular Hbond substituents is 1. The van der Waals surface area contributed by atoms with E-state index in [1.165, 1.54) is 5.56 Å². The van der Waals surface area contributed by atoms with Crippen molar-refractivity contribution in [2.24, 2.45) is 0 Å². The largest absolute Gasteiger partial charge is 0.507 e. The van der Waals surface area contributed by atoms with E-state index in [0.29, 0.717) is 12.3 Å². The fourth-order valence-electron chi connectivity index (χ4n) is 2.17. The van der Waals surface area contributed by atoms with E-state index in [9.17, 15) is 10.2 Å². The van der Waals surface area contributed by atoms with E-state index >= 15 is 0 Å². The van der Waals surface area contributed by atoms with Gasteiger partial charge in [-0.1, -0.05) is 36.4 Å². The van der Waals surface area contributed by atoms with Gasteiger partial charge in [-0.05, 0) is 18.1 Å². The quantitative estimate of drug-likeness (QED) is 0.730. The van der Waals surface area contributed by atoms with Gasteiger partial charge < -0.3 is 20.3 Å². The van der Waals surface area contributed by atoms with Crippen LogP contribution >= 0.6 is 0 Å². The first-order valence-electron chi connectivity index (χ1n) is 6.97. The number of aromatic hydroxyl groups is 1. The molecule has 0 saturated carbocycles. The van der Waals surface area contributed by atoms with E-state index in [1.807, 2.05) is 42.5 Å². The number of phenols is 1. The first-order chi connectivity index (χ1) is 10.2. The van der Waals surface area contributed by atoms with E-state index in [2.05, 4.69) is 5.32 Å². The smallest absolute Gasteiger partial charge is 0.123 e. The molecule has 0 aliphatic rings. The van der Waals surface area contributed by atoms with Crippen molar-refractivity contribution in [3.05, 3.63) is 59.7 Å². The maximum Gasteiger partial charge on any atom is 0.123 e. The van der Waals surface area contributed by atoms with Gasteiger partial charge in [-0.2, -0.15) is 0 Å². The molecule has 2 aromatic rings. The van der Waals surface area contributed by atoms with Crippen molar-refractivity contribution in [1.82, 2.24) is 5.32 Å². The minimum Gasteiger partial charge on any atom is -0.507 e. The maximum absolute atomic E-state index is 9.92. The highest BCUT2D eigenvalue weighted by atomic mass is 16.5. The first kappa shape index (κ1) is 15.4. The van der Waals surface area contributed by atoms with Crippen LogP contribution in [0.15, 0.2) is 48.5 Å². The number of aliphatic hydroxyl groups is 1. The number of methoxy groups -OCH3 is 1. The van der Waals surface area contributed by atoms with Crippen LogP contribution in [0, 0.1) is 0 Å². The molecule has 0 aliphatic carbocycles. The minimum absolute atomic E-state index is 0.0473. The molecular formula is C17H21NO3. The average molecular weight is 287 g/mol. The van der Waals surface area contributed by atoms with Gasteiger partial charge in [0.05, 0.1) is 13.7 Å². The molecule has 0 heterocycles. The van der Waals surface area contributed by atoms with E-state index < -0.39 is 0 Å². The summed E-state index contributed by atoms with van der Waals surface area (Å²) in [5.41, 5.74) is 1.95. The molecule has 0 amide bonds. The molecule has 1 atom stereocenters. The van der Waals surface area contributed by atoms with Crippen LogP contribution in [-0.2, 0) is 13.0 Å². The third-order valence-electron chi connectivity index (χ3n) is 3.42. The van der Waals surface area contributed by atoms with Crippen LogP contribution in [0.4, 0.5) is 0 Å². The number of benzene rings is 2. The highest BCUT2D eigenvalue weighted by Crippen LogP contribution is 2.23. The number of nitrogens with one attached hydrogen (secondary N) is 1. The third-order valence-corrected chi connectivity index (χ3v) is 3.42. The van der Waals surface area contributed by atoms with Crippen molar-refractivity contribution >= 4 is 0 Å². The molecule has 0 aliphatic heterocycles.